The molecule has 1 N–H and O–H groups in total. The predicted molar refractivity (Wildman–Crippen MR) is 139 cm³/mol. The van der Waals surface area contributed by atoms with Gasteiger partial charge in [0.15, 0.2) is 17.6 Å². The first kappa shape index (κ1) is 26.2. The Kier molecular flexibility index (Phi) is 7.83. The van der Waals surface area contributed by atoms with Crippen molar-refractivity contribution in [2.45, 2.75) is 58.1 Å². The molecule has 1 amide bonds. The van der Waals surface area contributed by atoms with Crippen molar-refractivity contribution in [3.63, 3.8) is 0 Å². The number of fused-ring (bicyclic) bond motifs is 1. The van der Waals surface area contributed by atoms with Crippen LogP contribution in [0.15, 0.2) is 72.8 Å². The van der Waals surface area contributed by atoms with Crippen LogP contribution >= 0.6 is 0 Å². The van der Waals surface area contributed by atoms with Crippen molar-refractivity contribution >= 4 is 11.9 Å². The summed E-state index contributed by atoms with van der Waals surface area (Å²) in [6.45, 7) is 6.05. The molecule has 3 aromatic carbocycles. The monoisotopic (exact) mass is 503 g/mol. The molecule has 0 bridgehead atoms. The van der Waals surface area contributed by atoms with Gasteiger partial charge in [0, 0.05) is 18.5 Å². The Balaban J connectivity index is 1.69. The first-order chi connectivity index (χ1) is 17.7. The molecular formula is C30H33NO6. The maximum absolute atomic E-state index is 13.9. The molecule has 2 atom stereocenters. The lowest BCUT2D eigenvalue weighted by atomic mass is 9.91. The molecule has 0 aromatic heterocycles. The van der Waals surface area contributed by atoms with Crippen LogP contribution in [-0.4, -0.2) is 40.6 Å². The van der Waals surface area contributed by atoms with Crippen LogP contribution in [0.25, 0.3) is 0 Å². The molecule has 7 heteroatoms. The van der Waals surface area contributed by atoms with Gasteiger partial charge in [0.1, 0.15) is 12.6 Å². The molecule has 1 aliphatic rings. The SMILES string of the molecule is COc1ccc2c(c1OCc1ccccc1)C[C@H](C(=O)O)N(C(=O)[C@H](OC(C)(C)C)c1ccccc1)C2. The van der Waals surface area contributed by atoms with Crippen LogP contribution in [0.4, 0.5) is 0 Å². The summed E-state index contributed by atoms with van der Waals surface area (Å²) in [6, 6.07) is 21.5. The molecule has 0 saturated carbocycles. The topological polar surface area (TPSA) is 85.3 Å². The Bertz CT molecular complexity index is 1240. The Labute approximate surface area is 217 Å². The van der Waals surface area contributed by atoms with E-state index in [0.717, 1.165) is 16.7 Å². The zero-order chi connectivity index (χ0) is 26.6. The van der Waals surface area contributed by atoms with Gasteiger partial charge in [0.05, 0.1) is 12.7 Å². The fraction of sp³-hybridized carbons (Fsp3) is 0.333. The van der Waals surface area contributed by atoms with Gasteiger partial charge in [-0.2, -0.15) is 0 Å². The second-order valence-corrected chi connectivity index (χ2v) is 10.1. The van der Waals surface area contributed by atoms with Crippen LogP contribution in [0.2, 0.25) is 0 Å². The van der Waals surface area contributed by atoms with Crippen molar-refractivity contribution in [1.29, 1.82) is 0 Å². The zero-order valence-corrected chi connectivity index (χ0v) is 21.6. The van der Waals surface area contributed by atoms with Gasteiger partial charge in [0.2, 0.25) is 0 Å². The van der Waals surface area contributed by atoms with E-state index in [2.05, 4.69) is 0 Å². The van der Waals surface area contributed by atoms with E-state index in [1.54, 1.807) is 13.2 Å². The summed E-state index contributed by atoms with van der Waals surface area (Å²) in [5.41, 5.74) is 2.60. The highest BCUT2D eigenvalue weighted by atomic mass is 16.5. The van der Waals surface area contributed by atoms with E-state index in [1.807, 2.05) is 87.5 Å². The van der Waals surface area contributed by atoms with E-state index in [-0.39, 0.29) is 18.9 Å². The zero-order valence-electron chi connectivity index (χ0n) is 21.6. The number of hydrogen-bond donors (Lipinski definition) is 1. The Morgan fingerprint density at radius 3 is 2.24 bits per heavy atom. The van der Waals surface area contributed by atoms with Crippen LogP contribution in [0, 0.1) is 0 Å². The average Bonchev–Trinajstić information content (AvgIpc) is 2.89. The normalized spacial score (nSPS) is 16.0. The minimum Gasteiger partial charge on any atom is -0.493 e. The summed E-state index contributed by atoms with van der Waals surface area (Å²) in [4.78, 5) is 27.8. The second-order valence-electron chi connectivity index (χ2n) is 10.1. The summed E-state index contributed by atoms with van der Waals surface area (Å²) >= 11 is 0. The largest absolute Gasteiger partial charge is 0.493 e. The molecule has 0 saturated heterocycles. The number of benzene rings is 3. The van der Waals surface area contributed by atoms with Gasteiger partial charge in [-0.1, -0.05) is 66.7 Å². The average molecular weight is 504 g/mol. The molecule has 194 valence electrons. The van der Waals surface area contributed by atoms with E-state index < -0.39 is 23.7 Å². The number of carboxylic acid groups (broad SMARTS) is 1. The maximum Gasteiger partial charge on any atom is 0.326 e. The maximum atomic E-state index is 13.9. The third-order valence-corrected chi connectivity index (χ3v) is 6.25. The highest BCUT2D eigenvalue weighted by molar-refractivity contribution is 5.88. The van der Waals surface area contributed by atoms with Gasteiger partial charge in [-0.3, -0.25) is 4.79 Å². The third kappa shape index (κ3) is 6.12. The van der Waals surface area contributed by atoms with Crippen molar-refractivity contribution in [3.8, 4) is 11.5 Å². The van der Waals surface area contributed by atoms with E-state index in [1.165, 1.54) is 4.90 Å². The van der Waals surface area contributed by atoms with Gasteiger partial charge in [-0.25, -0.2) is 4.79 Å². The van der Waals surface area contributed by atoms with Gasteiger partial charge < -0.3 is 24.2 Å². The number of rotatable bonds is 8. The minimum absolute atomic E-state index is 0.0920. The number of carboxylic acids is 1. The number of ether oxygens (including phenoxy) is 3. The molecular weight excluding hydrogens is 470 g/mol. The quantitative estimate of drug-likeness (QED) is 0.457. The van der Waals surface area contributed by atoms with Crippen molar-refractivity contribution < 1.29 is 28.9 Å². The lowest BCUT2D eigenvalue weighted by Gasteiger charge is -2.38. The van der Waals surface area contributed by atoms with E-state index in [0.29, 0.717) is 23.7 Å². The molecule has 1 aliphatic heterocycles. The van der Waals surface area contributed by atoms with Crippen LogP contribution in [0.1, 0.15) is 49.1 Å². The van der Waals surface area contributed by atoms with Gasteiger partial charge in [-0.15, -0.1) is 0 Å². The summed E-state index contributed by atoms with van der Waals surface area (Å²) in [6.07, 6.45) is -0.842. The van der Waals surface area contributed by atoms with E-state index in [4.69, 9.17) is 14.2 Å². The smallest absolute Gasteiger partial charge is 0.326 e. The molecule has 3 aromatic rings. The second kappa shape index (κ2) is 11.0. The van der Waals surface area contributed by atoms with Crippen molar-refractivity contribution in [1.82, 2.24) is 4.90 Å². The van der Waals surface area contributed by atoms with Crippen LogP contribution in [-0.2, 0) is 33.9 Å². The molecule has 0 radical (unpaired) electrons. The molecule has 7 nitrogen and oxygen atoms in total. The van der Waals surface area contributed by atoms with Crippen molar-refractivity contribution in [2.75, 3.05) is 7.11 Å². The standard InChI is InChI=1S/C30H33NO6/c1-30(2,3)37-26(21-13-9-6-10-14-21)28(32)31-18-22-15-16-25(35-4)27(23(22)17-24(31)29(33)34)36-19-20-11-7-5-8-12-20/h5-16,24,26H,17-19H2,1-4H3,(H,33,34)/t24-,26-/m1/s1. The highest BCUT2D eigenvalue weighted by Gasteiger charge is 2.41. The van der Waals surface area contributed by atoms with E-state index in [9.17, 15) is 14.7 Å². The number of carbonyl (C=O) groups excluding carboxylic acids is 1. The number of methoxy groups -OCH3 is 1. The molecule has 4 rings (SSSR count). The molecule has 0 unspecified atom stereocenters. The number of hydrogen-bond acceptors (Lipinski definition) is 5. The van der Waals surface area contributed by atoms with Gasteiger partial charge >= 0.3 is 5.97 Å². The molecule has 37 heavy (non-hydrogen) atoms. The van der Waals surface area contributed by atoms with Crippen LogP contribution in [0.3, 0.4) is 0 Å². The Morgan fingerprint density at radius 2 is 1.65 bits per heavy atom. The molecule has 0 spiro atoms. The number of aliphatic carboxylic acids is 1. The fourth-order valence-electron chi connectivity index (χ4n) is 4.51. The Hall–Kier alpha value is -3.84. The Morgan fingerprint density at radius 1 is 1.00 bits per heavy atom. The molecule has 0 aliphatic carbocycles. The highest BCUT2D eigenvalue weighted by Crippen LogP contribution is 2.40. The number of carbonyl (C=O) groups is 2. The predicted octanol–water partition coefficient (Wildman–Crippen LogP) is 5.17. The first-order valence-corrected chi connectivity index (χ1v) is 12.3. The van der Waals surface area contributed by atoms with Gasteiger partial charge in [-0.05, 0) is 43.5 Å². The number of nitrogens with zero attached hydrogens (tertiary/aromatic N) is 1. The lowest BCUT2D eigenvalue weighted by molar-refractivity contribution is -0.164. The van der Waals surface area contributed by atoms with Crippen LogP contribution in [0.5, 0.6) is 11.5 Å². The summed E-state index contributed by atoms with van der Waals surface area (Å²) in [7, 11) is 1.55. The van der Waals surface area contributed by atoms with E-state index >= 15 is 0 Å². The van der Waals surface area contributed by atoms with Gasteiger partial charge in [0.25, 0.3) is 5.91 Å². The third-order valence-electron chi connectivity index (χ3n) is 6.25. The molecule has 1 heterocycles. The molecule has 0 fully saturated rings. The van der Waals surface area contributed by atoms with Crippen LogP contribution < -0.4 is 9.47 Å². The summed E-state index contributed by atoms with van der Waals surface area (Å²) in [5.74, 6) is -0.440. The fourth-order valence-corrected chi connectivity index (χ4v) is 4.51. The number of amides is 1. The summed E-state index contributed by atoms with van der Waals surface area (Å²) in [5, 5.41) is 10.2. The minimum atomic E-state index is -1.08. The van der Waals surface area contributed by atoms with Crippen molar-refractivity contribution in [2.24, 2.45) is 0 Å². The lowest BCUT2D eigenvalue weighted by Crippen LogP contribution is -2.51. The first-order valence-electron chi connectivity index (χ1n) is 12.3. The summed E-state index contributed by atoms with van der Waals surface area (Å²) < 4.78 is 17.9. The van der Waals surface area contributed by atoms with Crippen molar-refractivity contribution in [3.05, 3.63) is 95.1 Å².